The summed E-state index contributed by atoms with van der Waals surface area (Å²) in [6, 6.07) is 0.348. The molecule has 0 aliphatic carbocycles. The predicted octanol–water partition coefficient (Wildman–Crippen LogP) is 0.698. The number of nitrogens with one attached hydrogen (secondary N) is 1. The van der Waals surface area contributed by atoms with E-state index in [1.807, 2.05) is 39.9 Å². The summed E-state index contributed by atoms with van der Waals surface area (Å²) < 4.78 is 5.53. The molecule has 0 saturated carbocycles. The number of hydrogen-bond donors (Lipinski definition) is 1. The van der Waals surface area contributed by atoms with Gasteiger partial charge in [-0.25, -0.2) is 0 Å². The lowest BCUT2D eigenvalue weighted by Gasteiger charge is -2.20. The second-order valence-electron chi connectivity index (χ2n) is 4.88. The van der Waals surface area contributed by atoms with Crippen LogP contribution in [0.25, 0.3) is 0 Å². The molecule has 0 aliphatic rings. The Morgan fingerprint density at radius 2 is 1.79 bits per heavy atom. The van der Waals surface area contributed by atoms with Crippen LogP contribution in [0, 0.1) is 0 Å². The van der Waals surface area contributed by atoms with Gasteiger partial charge < -0.3 is 19.9 Å². The van der Waals surface area contributed by atoms with Gasteiger partial charge in [-0.1, -0.05) is 0 Å². The maximum absolute atomic E-state index is 5.53. The Labute approximate surface area is 115 Å². The molecule has 0 saturated heterocycles. The molecular weight excluding hydrogens is 244 g/mol. The molecule has 0 atom stereocenters. The van der Waals surface area contributed by atoms with Gasteiger partial charge in [0.05, 0.1) is 6.10 Å². The van der Waals surface area contributed by atoms with Crippen LogP contribution in [-0.2, 0) is 0 Å². The van der Waals surface area contributed by atoms with Crippen molar-refractivity contribution in [3.05, 3.63) is 0 Å². The van der Waals surface area contributed by atoms with E-state index in [9.17, 15) is 0 Å². The molecule has 0 fully saturated rings. The number of aromatic nitrogens is 3. The minimum Gasteiger partial charge on any atom is -0.461 e. The average molecular weight is 268 g/mol. The second kappa shape index (κ2) is 7.08. The van der Waals surface area contributed by atoms with Gasteiger partial charge in [-0.15, -0.1) is 0 Å². The van der Waals surface area contributed by atoms with Crippen LogP contribution < -0.4 is 15.0 Å². The number of ether oxygens (including phenoxy) is 1. The summed E-state index contributed by atoms with van der Waals surface area (Å²) >= 11 is 0. The quantitative estimate of drug-likeness (QED) is 0.780. The minimum atomic E-state index is 0.0343. The zero-order valence-corrected chi connectivity index (χ0v) is 12.6. The predicted molar refractivity (Wildman–Crippen MR) is 77.0 cm³/mol. The first-order valence-electron chi connectivity index (χ1n) is 6.38. The smallest absolute Gasteiger partial charge is 0.323 e. The summed E-state index contributed by atoms with van der Waals surface area (Å²) in [4.78, 5) is 16.9. The Morgan fingerprint density at radius 1 is 1.11 bits per heavy atom. The molecule has 0 radical (unpaired) electrons. The van der Waals surface area contributed by atoms with E-state index in [4.69, 9.17) is 4.74 Å². The first-order valence-corrected chi connectivity index (χ1v) is 6.38. The molecular formula is C12H24N6O. The molecule has 0 unspecified atom stereocenters. The third-order valence-corrected chi connectivity index (χ3v) is 2.39. The molecule has 0 spiro atoms. The first-order chi connectivity index (χ1) is 8.92. The van der Waals surface area contributed by atoms with Crippen molar-refractivity contribution < 1.29 is 4.74 Å². The fourth-order valence-electron chi connectivity index (χ4n) is 1.34. The van der Waals surface area contributed by atoms with Crippen molar-refractivity contribution in [2.75, 3.05) is 51.5 Å². The van der Waals surface area contributed by atoms with E-state index in [-0.39, 0.29) is 6.10 Å². The normalized spacial score (nSPS) is 10.9. The lowest BCUT2D eigenvalue weighted by atomic mass is 10.5. The van der Waals surface area contributed by atoms with Crippen molar-refractivity contribution in [3.63, 3.8) is 0 Å². The van der Waals surface area contributed by atoms with Gasteiger partial charge in [0, 0.05) is 27.2 Å². The van der Waals surface area contributed by atoms with E-state index in [2.05, 4.69) is 25.2 Å². The third-order valence-electron chi connectivity index (χ3n) is 2.39. The number of likely N-dealkylation sites (N-methyl/N-ethyl adjacent to an activating group) is 2. The van der Waals surface area contributed by atoms with Crippen molar-refractivity contribution in [1.29, 1.82) is 0 Å². The van der Waals surface area contributed by atoms with Gasteiger partial charge in [0.15, 0.2) is 0 Å². The van der Waals surface area contributed by atoms with Gasteiger partial charge in [0.2, 0.25) is 11.9 Å². The Balaban J connectivity index is 2.86. The molecule has 0 bridgehead atoms. The summed E-state index contributed by atoms with van der Waals surface area (Å²) in [5, 5.41) is 2.92. The van der Waals surface area contributed by atoms with Crippen LogP contribution in [0.5, 0.6) is 6.01 Å². The molecule has 7 heteroatoms. The van der Waals surface area contributed by atoms with Crippen molar-refractivity contribution >= 4 is 11.9 Å². The molecule has 1 aromatic heterocycles. The highest BCUT2D eigenvalue weighted by atomic mass is 16.5. The van der Waals surface area contributed by atoms with Gasteiger partial charge in [-0.05, 0) is 27.9 Å². The van der Waals surface area contributed by atoms with Gasteiger partial charge in [-0.2, -0.15) is 15.0 Å². The summed E-state index contributed by atoms with van der Waals surface area (Å²) in [5.41, 5.74) is 0. The number of hydrogen-bond acceptors (Lipinski definition) is 7. The van der Waals surface area contributed by atoms with Crippen LogP contribution >= 0.6 is 0 Å². The van der Waals surface area contributed by atoms with E-state index in [0.717, 1.165) is 13.1 Å². The van der Waals surface area contributed by atoms with Crippen molar-refractivity contribution in [2.45, 2.75) is 20.0 Å². The van der Waals surface area contributed by atoms with Crippen molar-refractivity contribution in [2.24, 2.45) is 0 Å². The summed E-state index contributed by atoms with van der Waals surface area (Å²) in [6.07, 6.45) is 0.0343. The summed E-state index contributed by atoms with van der Waals surface area (Å²) in [5.74, 6) is 1.12. The Hall–Kier alpha value is -1.63. The second-order valence-corrected chi connectivity index (χ2v) is 4.88. The number of rotatable bonds is 7. The maximum atomic E-state index is 5.53. The monoisotopic (exact) mass is 268 g/mol. The highest BCUT2D eigenvalue weighted by Crippen LogP contribution is 2.14. The highest BCUT2D eigenvalue weighted by Gasteiger charge is 2.11. The van der Waals surface area contributed by atoms with Crippen LogP contribution in [-0.4, -0.2) is 67.2 Å². The van der Waals surface area contributed by atoms with Gasteiger partial charge >= 0.3 is 6.01 Å². The number of nitrogens with zero attached hydrogens (tertiary/aromatic N) is 5. The van der Waals surface area contributed by atoms with E-state index in [1.54, 1.807) is 7.05 Å². The fourth-order valence-corrected chi connectivity index (χ4v) is 1.34. The van der Waals surface area contributed by atoms with E-state index < -0.39 is 0 Å². The zero-order chi connectivity index (χ0) is 14.4. The summed E-state index contributed by atoms with van der Waals surface area (Å²) in [6.45, 7) is 5.65. The maximum Gasteiger partial charge on any atom is 0.323 e. The van der Waals surface area contributed by atoms with E-state index in [1.165, 1.54) is 0 Å². The van der Waals surface area contributed by atoms with Crippen molar-refractivity contribution in [1.82, 2.24) is 19.9 Å². The lowest BCUT2D eigenvalue weighted by molar-refractivity contribution is 0.222. The summed E-state index contributed by atoms with van der Waals surface area (Å²) in [7, 11) is 7.80. The Morgan fingerprint density at radius 3 is 2.32 bits per heavy atom. The van der Waals surface area contributed by atoms with Crippen LogP contribution in [0.4, 0.5) is 11.9 Å². The Kier molecular flexibility index (Phi) is 5.75. The van der Waals surface area contributed by atoms with E-state index in [0.29, 0.717) is 17.9 Å². The molecule has 1 heterocycles. The lowest BCUT2D eigenvalue weighted by Crippen LogP contribution is -2.30. The largest absolute Gasteiger partial charge is 0.461 e. The molecule has 1 N–H and O–H groups in total. The minimum absolute atomic E-state index is 0.0343. The van der Waals surface area contributed by atoms with Crippen molar-refractivity contribution in [3.8, 4) is 6.01 Å². The SMILES string of the molecule is CNc1nc(OC(C)C)nc(N(C)CCN(C)C)n1. The molecule has 7 nitrogen and oxygen atoms in total. The van der Waals surface area contributed by atoms with Crippen LogP contribution in [0.2, 0.25) is 0 Å². The highest BCUT2D eigenvalue weighted by molar-refractivity contribution is 5.37. The zero-order valence-electron chi connectivity index (χ0n) is 12.6. The first kappa shape index (κ1) is 15.4. The fraction of sp³-hybridized carbons (Fsp3) is 0.750. The molecule has 1 aromatic rings. The van der Waals surface area contributed by atoms with Gasteiger partial charge in [-0.3, -0.25) is 0 Å². The van der Waals surface area contributed by atoms with Gasteiger partial charge in [0.1, 0.15) is 0 Å². The van der Waals surface area contributed by atoms with Crippen LogP contribution in [0.1, 0.15) is 13.8 Å². The molecule has 108 valence electrons. The topological polar surface area (TPSA) is 66.4 Å². The Bertz CT molecular complexity index is 396. The molecule has 0 aromatic carbocycles. The van der Waals surface area contributed by atoms with Crippen LogP contribution in [0.15, 0.2) is 0 Å². The third kappa shape index (κ3) is 5.25. The van der Waals surface area contributed by atoms with Gasteiger partial charge in [0.25, 0.3) is 0 Å². The van der Waals surface area contributed by atoms with Crippen LogP contribution in [0.3, 0.4) is 0 Å². The average Bonchev–Trinajstić information content (AvgIpc) is 2.34. The number of anilines is 2. The molecule has 19 heavy (non-hydrogen) atoms. The standard InChI is InChI=1S/C12H24N6O/c1-9(2)19-12-15-10(13-3)14-11(16-12)18(6)8-7-17(4)5/h9H,7-8H2,1-6H3,(H,13,14,15,16). The molecule has 0 aliphatic heterocycles. The molecule has 1 rings (SSSR count). The van der Waals surface area contributed by atoms with E-state index >= 15 is 0 Å². The molecule has 0 amide bonds.